The Labute approximate surface area is 126 Å². The number of nitrogens with zero attached hydrogens (tertiary/aromatic N) is 3. The molecular formula is C15H26N4O2. The number of hydrogen-bond donors (Lipinski definition) is 1. The molecule has 0 spiro atoms. The van der Waals surface area contributed by atoms with E-state index >= 15 is 0 Å². The van der Waals surface area contributed by atoms with Gasteiger partial charge in [-0.05, 0) is 19.3 Å². The molecule has 0 bridgehead atoms. The van der Waals surface area contributed by atoms with E-state index in [2.05, 4.69) is 17.3 Å². The van der Waals surface area contributed by atoms with E-state index in [0.717, 1.165) is 37.8 Å². The Morgan fingerprint density at radius 2 is 2.38 bits per heavy atom. The Morgan fingerprint density at radius 3 is 3.00 bits per heavy atom. The predicted molar refractivity (Wildman–Crippen MR) is 80.9 cm³/mol. The molecular weight excluding hydrogens is 268 g/mol. The second-order valence-corrected chi connectivity index (χ2v) is 5.84. The van der Waals surface area contributed by atoms with Crippen LogP contribution in [-0.2, 0) is 18.3 Å². The summed E-state index contributed by atoms with van der Waals surface area (Å²) in [5.41, 5.74) is 0.876. The van der Waals surface area contributed by atoms with Gasteiger partial charge < -0.3 is 15.0 Å². The topological polar surface area (TPSA) is 59.4 Å². The molecule has 6 nitrogen and oxygen atoms in total. The van der Waals surface area contributed by atoms with Crippen molar-refractivity contribution in [1.29, 1.82) is 0 Å². The molecule has 2 heterocycles. The van der Waals surface area contributed by atoms with Gasteiger partial charge in [0.25, 0.3) is 0 Å². The summed E-state index contributed by atoms with van der Waals surface area (Å²) in [4.78, 5) is 14.5. The van der Waals surface area contributed by atoms with E-state index in [9.17, 15) is 4.79 Å². The third kappa shape index (κ3) is 3.56. The second kappa shape index (κ2) is 6.93. The molecule has 0 unspecified atom stereocenters. The first-order valence-electron chi connectivity index (χ1n) is 7.63. The highest BCUT2D eigenvalue weighted by Gasteiger charge is 2.42. The fourth-order valence-corrected chi connectivity index (χ4v) is 3.31. The standard InChI is InChI=1S/C15H26N4O2/c1-4-6-15(12-21-3)7-5-8-19(15)14(20)16-9-13-10-17-18(2)11-13/h10-11H,4-9,12H2,1-3H3,(H,16,20)/t15-/m0/s1. The number of hydrogen-bond acceptors (Lipinski definition) is 3. The van der Waals surface area contributed by atoms with Gasteiger partial charge in [-0.25, -0.2) is 4.79 Å². The largest absolute Gasteiger partial charge is 0.382 e. The molecule has 2 rings (SSSR count). The van der Waals surface area contributed by atoms with E-state index in [1.807, 2.05) is 18.1 Å². The summed E-state index contributed by atoms with van der Waals surface area (Å²) in [5.74, 6) is 0. The monoisotopic (exact) mass is 294 g/mol. The summed E-state index contributed by atoms with van der Waals surface area (Å²) in [6, 6.07) is 0.00172. The summed E-state index contributed by atoms with van der Waals surface area (Å²) in [7, 11) is 3.58. The van der Waals surface area contributed by atoms with Crippen LogP contribution < -0.4 is 5.32 Å². The quantitative estimate of drug-likeness (QED) is 0.872. The molecule has 6 heteroatoms. The van der Waals surface area contributed by atoms with Crippen molar-refractivity contribution in [3.05, 3.63) is 18.0 Å². The second-order valence-electron chi connectivity index (χ2n) is 5.84. The Bertz CT molecular complexity index is 466. The lowest BCUT2D eigenvalue weighted by Crippen LogP contribution is -2.53. The van der Waals surface area contributed by atoms with Crippen LogP contribution in [0.3, 0.4) is 0 Å². The number of urea groups is 1. The molecule has 1 saturated heterocycles. The molecule has 0 aromatic carbocycles. The van der Waals surface area contributed by atoms with Gasteiger partial charge >= 0.3 is 6.03 Å². The molecule has 1 aliphatic rings. The number of nitrogens with one attached hydrogen (secondary N) is 1. The fraction of sp³-hybridized carbons (Fsp3) is 0.733. The van der Waals surface area contributed by atoms with Gasteiger partial charge in [0.1, 0.15) is 0 Å². The van der Waals surface area contributed by atoms with Gasteiger partial charge in [0.2, 0.25) is 0 Å². The molecule has 1 aromatic rings. The highest BCUT2D eigenvalue weighted by atomic mass is 16.5. The molecule has 1 aromatic heterocycles. The summed E-state index contributed by atoms with van der Waals surface area (Å²) in [6.45, 7) is 4.09. The van der Waals surface area contributed by atoms with Crippen LogP contribution in [0.5, 0.6) is 0 Å². The van der Waals surface area contributed by atoms with Crippen LogP contribution in [0.2, 0.25) is 0 Å². The van der Waals surface area contributed by atoms with Crippen molar-refractivity contribution in [2.24, 2.45) is 7.05 Å². The van der Waals surface area contributed by atoms with Crippen molar-refractivity contribution in [2.45, 2.75) is 44.7 Å². The number of amides is 2. The summed E-state index contributed by atoms with van der Waals surface area (Å²) in [5, 5.41) is 7.12. The van der Waals surface area contributed by atoms with Gasteiger partial charge in [0.05, 0.1) is 18.3 Å². The minimum atomic E-state index is -0.136. The average molecular weight is 294 g/mol. The van der Waals surface area contributed by atoms with Crippen LogP contribution >= 0.6 is 0 Å². The Hall–Kier alpha value is -1.56. The van der Waals surface area contributed by atoms with Crippen molar-refractivity contribution in [3.63, 3.8) is 0 Å². The van der Waals surface area contributed by atoms with Gasteiger partial charge in [-0.3, -0.25) is 4.68 Å². The lowest BCUT2D eigenvalue weighted by Gasteiger charge is -2.38. The van der Waals surface area contributed by atoms with Gasteiger partial charge in [0.15, 0.2) is 0 Å². The molecule has 2 amide bonds. The smallest absolute Gasteiger partial charge is 0.318 e. The van der Waals surface area contributed by atoms with Crippen LogP contribution in [-0.4, -0.2) is 46.5 Å². The van der Waals surface area contributed by atoms with Crippen LogP contribution in [0.25, 0.3) is 0 Å². The summed E-state index contributed by atoms with van der Waals surface area (Å²) < 4.78 is 7.13. The minimum absolute atomic E-state index is 0.00172. The zero-order valence-electron chi connectivity index (χ0n) is 13.3. The van der Waals surface area contributed by atoms with Crippen LogP contribution in [0.15, 0.2) is 12.4 Å². The summed E-state index contributed by atoms with van der Waals surface area (Å²) in [6.07, 6.45) is 7.80. The SMILES string of the molecule is CCC[C@@]1(COC)CCCN1C(=O)NCc1cnn(C)c1. The lowest BCUT2D eigenvalue weighted by molar-refractivity contribution is 0.0501. The first kappa shape index (κ1) is 15.8. The van der Waals surface area contributed by atoms with E-state index in [4.69, 9.17) is 4.74 Å². The van der Waals surface area contributed by atoms with E-state index in [-0.39, 0.29) is 11.6 Å². The number of likely N-dealkylation sites (tertiary alicyclic amines) is 1. The lowest BCUT2D eigenvalue weighted by atomic mass is 9.91. The molecule has 1 aliphatic heterocycles. The minimum Gasteiger partial charge on any atom is -0.382 e. The number of methoxy groups -OCH3 is 1. The van der Waals surface area contributed by atoms with Crippen molar-refractivity contribution in [2.75, 3.05) is 20.3 Å². The van der Waals surface area contributed by atoms with E-state index in [0.29, 0.717) is 13.2 Å². The van der Waals surface area contributed by atoms with Crippen molar-refractivity contribution in [3.8, 4) is 0 Å². The average Bonchev–Trinajstić information content (AvgIpc) is 3.04. The van der Waals surface area contributed by atoms with Crippen LogP contribution in [0, 0.1) is 0 Å². The molecule has 118 valence electrons. The molecule has 1 atom stereocenters. The first-order chi connectivity index (χ1) is 10.1. The van der Waals surface area contributed by atoms with Crippen LogP contribution in [0.4, 0.5) is 4.79 Å². The Morgan fingerprint density at radius 1 is 1.57 bits per heavy atom. The van der Waals surface area contributed by atoms with Crippen molar-refractivity contribution in [1.82, 2.24) is 20.0 Å². The van der Waals surface area contributed by atoms with Crippen molar-refractivity contribution >= 4 is 6.03 Å². The molecule has 1 fully saturated rings. The molecule has 0 radical (unpaired) electrons. The number of rotatable bonds is 6. The highest BCUT2D eigenvalue weighted by molar-refractivity contribution is 5.75. The van der Waals surface area contributed by atoms with Crippen molar-refractivity contribution < 1.29 is 9.53 Å². The van der Waals surface area contributed by atoms with E-state index in [1.165, 1.54) is 0 Å². The van der Waals surface area contributed by atoms with Gasteiger partial charge in [0, 0.05) is 39.0 Å². The predicted octanol–water partition coefficient (Wildman–Crippen LogP) is 1.91. The van der Waals surface area contributed by atoms with Gasteiger partial charge in [-0.2, -0.15) is 5.10 Å². The Kier molecular flexibility index (Phi) is 5.22. The first-order valence-corrected chi connectivity index (χ1v) is 7.63. The number of aryl methyl sites for hydroxylation is 1. The third-order valence-electron chi connectivity index (χ3n) is 4.17. The highest BCUT2D eigenvalue weighted by Crippen LogP contribution is 2.34. The molecule has 21 heavy (non-hydrogen) atoms. The van der Waals surface area contributed by atoms with Gasteiger partial charge in [-0.15, -0.1) is 0 Å². The van der Waals surface area contributed by atoms with Crippen LogP contribution in [0.1, 0.15) is 38.2 Å². The molecule has 0 saturated carbocycles. The number of aromatic nitrogens is 2. The van der Waals surface area contributed by atoms with Gasteiger partial charge in [-0.1, -0.05) is 13.3 Å². The molecule has 0 aliphatic carbocycles. The zero-order valence-corrected chi connectivity index (χ0v) is 13.3. The fourth-order valence-electron chi connectivity index (χ4n) is 3.31. The Balaban J connectivity index is 1.99. The zero-order chi connectivity index (χ0) is 15.3. The third-order valence-corrected chi connectivity index (χ3v) is 4.17. The number of ether oxygens (including phenoxy) is 1. The van der Waals surface area contributed by atoms with E-state index < -0.39 is 0 Å². The maximum absolute atomic E-state index is 12.5. The summed E-state index contributed by atoms with van der Waals surface area (Å²) >= 11 is 0. The maximum Gasteiger partial charge on any atom is 0.318 e. The number of carbonyl (C=O) groups is 1. The maximum atomic E-state index is 12.5. The molecule has 1 N–H and O–H groups in total. The van der Waals surface area contributed by atoms with E-state index in [1.54, 1.807) is 18.0 Å². The number of carbonyl (C=O) groups excluding carboxylic acids is 1. The normalized spacial score (nSPS) is 21.8.